The van der Waals surface area contributed by atoms with Crippen LogP contribution in [0.3, 0.4) is 0 Å². The molecule has 0 radical (unpaired) electrons. The first-order chi connectivity index (χ1) is 13.7. The normalized spacial score (nSPS) is 12.7. The van der Waals surface area contributed by atoms with Crippen molar-refractivity contribution in [3.8, 4) is 17.9 Å². The van der Waals surface area contributed by atoms with Crippen LogP contribution in [0.5, 0.6) is 0 Å². The Kier molecular flexibility index (Phi) is 7.02. The van der Waals surface area contributed by atoms with E-state index in [9.17, 15) is 28.2 Å². The number of aliphatic hydroxyl groups is 2. The Labute approximate surface area is 164 Å². The zero-order valence-corrected chi connectivity index (χ0v) is 14.9. The van der Waals surface area contributed by atoms with Crippen LogP contribution >= 0.6 is 0 Å². The van der Waals surface area contributed by atoms with E-state index in [0.29, 0.717) is 5.56 Å². The van der Waals surface area contributed by atoms with Crippen LogP contribution in [0.15, 0.2) is 65.9 Å². The van der Waals surface area contributed by atoms with Gasteiger partial charge in [0, 0.05) is 17.7 Å². The van der Waals surface area contributed by atoms with Crippen molar-refractivity contribution in [1.82, 2.24) is 0 Å². The molecule has 0 spiro atoms. The first-order valence-electron chi connectivity index (χ1n) is 8.26. The van der Waals surface area contributed by atoms with E-state index in [4.69, 9.17) is 5.26 Å². The van der Waals surface area contributed by atoms with E-state index in [-0.39, 0.29) is 5.69 Å². The second-order valence-electron chi connectivity index (χ2n) is 5.82. The van der Waals surface area contributed by atoms with Gasteiger partial charge in [0.2, 0.25) is 0 Å². The fourth-order valence-corrected chi connectivity index (χ4v) is 2.21. The molecule has 0 heterocycles. The average molecular weight is 400 g/mol. The first kappa shape index (κ1) is 21.5. The number of nitrogens with one attached hydrogen (secondary N) is 1. The molecular formula is C21H15F3N2O3. The van der Waals surface area contributed by atoms with Crippen LogP contribution in [-0.4, -0.2) is 22.2 Å². The molecule has 2 aromatic rings. The fourth-order valence-electron chi connectivity index (χ4n) is 2.21. The number of carbonyl (C=O) groups excluding carboxylic acids is 1. The van der Waals surface area contributed by atoms with Crippen LogP contribution in [0.2, 0.25) is 0 Å². The van der Waals surface area contributed by atoms with Crippen molar-refractivity contribution in [2.24, 2.45) is 0 Å². The Morgan fingerprint density at radius 3 is 2.28 bits per heavy atom. The van der Waals surface area contributed by atoms with E-state index in [2.05, 4.69) is 17.2 Å². The largest absolute Gasteiger partial charge is 0.511 e. The SMILES string of the molecule is N#C/C(C(=O)Nc1ccc(C(F)(F)F)cc1)=C(/O)CC(O)C#Cc1ccccc1. The molecule has 2 rings (SSSR count). The summed E-state index contributed by atoms with van der Waals surface area (Å²) < 4.78 is 37.7. The maximum Gasteiger partial charge on any atom is 0.416 e. The number of nitriles is 1. The number of nitrogens with zero attached hydrogens (tertiary/aromatic N) is 1. The minimum Gasteiger partial charge on any atom is -0.511 e. The van der Waals surface area contributed by atoms with Gasteiger partial charge in [-0.2, -0.15) is 18.4 Å². The predicted molar refractivity (Wildman–Crippen MR) is 99.3 cm³/mol. The summed E-state index contributed by atoms with van der Waals surface area (Å²) in [5.74, 6) is 3.46. The molecule has 1 unspecified atom stereocenters. The minimum absolute atomic E-state index is 0.00738. The highest BCUT2D eigenvalue weighted by atomic mass is 19.4. The number of hydrogen-bond acceptors (Lipinski definition) is 4. The summed E-state index contributed by atoms with van der Waals surface area (Å²) in [5, 5.41) is 31.2. The van der Waals surface area contributed by atoms with Gasteiger partial charge in [0.05, 0.1) is 5.56 Å². The Morgan fingerprint density at radius 2 is 1.72 bits per heavy atom. The summed E-state index contributed by atoms with van der Waals surface area (Å²) in [7, 11) is 0. The van der Waals surface area contributed by atoms with Crippen molar-refractivity contribution in [3.63, 3.8) is 0 Å². The number of alkyl halides is 3. The number of rotatable bonds is 4. The van der Waals surface area contributed by atoms with Crippen molar-refractivity contribution in [2.75, 3.05) is 5.32 Å². The monoisotopic (exact) mass is 400 g/mol. The third kappa shape index (κ3) is 6.42. The van der Waals surface area contributed by atoms with Crippen molar-refractivity contribution >= 4 is 11.6 Å². The Bertz CT molecular complexity index is 996. The lowest BCUT2D eigenvalue weighted by Gasteiger charge is -2.09. The molecule has 2 aromatic carbocycles. The van der Waals surface area contributed by atoms with E-state index in [0.717, 1.165) is 24.3 Å². The van der Waals surface area contributed by atoms with Crippen LogP contribution in [-0.2, 0) is 11.0 Å². The quantitative estimate of drug-likeness (QED) is 0.315. The third-order valence-corrected chi connectivity index (χ3v) is 3.64. The van der Waals surface area contributed by atoms with E-state index >= 15 is 0 Å². The first-order valence-corrected chi connectivity index (χ1v) is 8.26. The molecule has 1 amide bonds. The van der Waals surface area contributed by atoms with Crippen LogP contribution < -0.4 is 5.32 Å². The second-order valence-corrected chi connectivity index (χ2v) is 5.82. The molecule has 1 atom stereocenters. The van der Waals surface area contributed by atoms with Crippen LogP contribution in [0, 0.1) is 23.2 Å². The predicted octanol–water partition coefficient (Wildman–Crippen LogP) is 3.78. The summed E-state index contributed by atoms with van der Waals surface area (Å²) in [6.45, 7) is 0. The van der Waals surface area contributed by atoms with Gasteiger partial charge in [-0.1, -0.05) is 30.0 Å². The molecule has 148 valence electrons. The number of carbonyl (C=O) groups is 1. The number of aliphatic hydroxyl groups excluding tert-OH is 2. The number of hydrogen-bond donors (Lipinski definition) is 3. The lowest BCUT2D eigenvalue weighted by Crippen LogP contribution is -2.17. The molecule has 0 aliphatic carbocycles. The van der Waals surface area contributed by atoms with Gasteiger partial charge in [0.15, 0.2) is 5.57 Å². The average Bonchev–Trinajstić information content (AvgIpc) is 2.67. The number of anilines is 1. The van der Waals surface area contributed by atoms with Gasteiger partial charge in [0.25, 0.3) is 5.91 Å². The van der Waals surface area contributed by atoms with Gasteiger partial charge < -0.3 is 15.5 Å². The maximum atomic E-state index is 12.6. The molecule has 0 saturated heterocycles. The Balaban J connectivity index is 2.08. The lowest BCUT2D eigenvalue weighted by molar-refractivity contribution is -0.137. The molecule has 5 nitrogen and oxygen atoms in total. The van der Waals surface area contributed by atoms with Gasteiger partial charge in [-0.05, 0) is 36.4 Å². The standard InChI is InChI=1S/C21H15F3N2O3/c22-21(23,24)15-7-9-16(10-8-15)26-20(29)18(13-25)19(28)12-17(27)11-6-14-4-2-1-3-5-14/h1-5,7-10,17,27-28H,12H2,(H,26,29)/b19-18-. The third-order valence-electron chi connectivity index (χ3n) is 3.64. The molecule has 0 aliphatic rings. The van der Waals surface area contributed by atoms with Crippen molar-refractivity contribution in [1.29, 1.82) is 5.26 Å². The van der Waals surface area contributed by atoms with E-state index in [1.807, 2.05) is 0 Å². The zero-order valence-electron chi connectivity index (χ0n) is 14.9. The van der Waals surface area contributed by atoms with Crippen molar-refractivity contribution in [3.05, 3.63) is 77.1 Å². The van der Waals surface area contributed by atoms with Gasteiger partial charge in [-0.25, -0.2) is 0 Å². The van der Waals surface area contributed by atoms with Gasteiger partial charge >= 0.3 is 6.18 Å². The van der Waals surface area contributed by atoms with Crippen molar-refractivity contribution < 1.29 is 28.2 Å². The highest BCUT2D eigenvalue weighted by Gasteiger charge is 2.30. The summed E-state index contributed by atoms with van der Waals surface area (Å²) in [5.41, 5.74) is -0.927. The van der Waals surface area contributed by atoms with Crippen LogP contribution in [0.1, 0.15) is 17.5 Å². The number of benzene rings is 2. The van der Waals surface area contributed by atoms with E-state index < -0.39 is 41.5 Å². The molecule has 0 fully saturated rings. The summed E-state index contributed by atoms with van der Waals surface area (Å²) in [6, 6.07) is 13.8. The Hall–Kier alpha value is -3.75. The lowest BCUT2D eigenvalue weighted by atomic mass is 10.1. The molecule has 0 aliphatic heterocycles. The molecule has 8 heteroatoms. The van der Waals surface area contributed by atoms with Crippen LogP contribution in [0.4, 0.5) is 18.9 Å². The summed E-state index contributed by atoms with van der Waals surface area (Å²) >= 11 is 0. The summed E-state index contributed by atoms with van der Waals surface area (Å²) in [4.78, 5) is 12.1. The van der Waals surface area contributed by atoms with Gasteiger partial charge in [0.1, 0.15) is 17.9 Å². The second kappa shape index (κ2) is 9.45. The number of amides is 1. The highest BCUT2D eigenvalue weighted by Crippen LogP contribution is 2.29. The van der Waals surface area contributed by atoms with E-state index in [1.54, 1.807) is 30.3 Å². The minimum atomic E-state index is -4.52. The Morgan fingerprint density at radius 1 is 1.10 bits per heavy atom. The number of halogens is 3. The molecule has 0 saturated carbocycles. The fraction of sp³-hybridized carbons (Fsp3) is 0.143. The maximum absolute atomic E-state index is 12.6. The molecular weight excluding hydrogens is 385 g/mol. The smallest absolute Gasteiger partial charge is 0.416 e. The molecule has 0 bridgehead atoms. The summed E-state index contributed by atoms with van der Waals surface area (Å²) in [6.07, 6.45) is -6.32. The van der Waals surface area contributed by atoms with Gasteiger partial charge in [-0.3, -0.25) is 4.79 Å². The molecule has 0 aromatic heterocycles. The topological polar surface area (TPSA) is 93.4 Å². The zero-order chi connectivity index (χ0) is 21.4. The van der Waals surface area contributed by atoms with E-state index in [1.165, 1.54) is 6.07 Å². The molecule has 3 N–H and O–H groups in total. The van der Waals surface area contributed by atoms with Crippen molar-refractivity contribution in [2.45, 2.75) is 18.7 Å². The van der Waals surface area contributed by atoms with Gasteiger partial charge in [-0.15, -0.1) is 0 Å². The van der Waals surface area contributed by atoms with Crippen LogP contribution in [0.25, 0.3) is 0 Å². The molecule has 29 heavy (non-hydrogen) atoms. The highest BCUT2D eigenvalue weighted by molar-refractivity contribution is 6.06.